The Morgan fingerprint density at radius 2 is 2.00 bits per heavy atom. The van der Waals surface area contributed by atoms with Crippen LogP contribution in [0.1, 0.15) is 5.56 Å². The molecule has 0 aliphatic carbocycles. The Labute approximate surface area is 139 Å². The van der Waals surface area contributed by atoms with Gasteiger partial charge in [0.05, 0.1) is 5.69 Å². The third-order valence-electron chi connectivity index (χ3n) is 3.32. The molecule has 6 heteroatoms. The number of urea groups is 1. The van der Waals surface area contributed by atoms with Gasteiger partial charge < -0.3 is 10.6 Å². The highest BCUT2D eigenvalue weighted by molar-refractivity contribution is 6.01. The van der Waals surface area contributed by atoms with Crippen LogP contribution in [-0.4, -0.2) is 20.8 Å². The highest BCUT2D eigenvalue weighted by Gasteiger charge is 2.13. The molecule has 0 saturated heterocycles. The van der Waals surface area contributed by atoms with Crippen molar-refractivity contribution in [3.05, 3.63) is 60.6 Å². The number of nitrogens with one attached hydrogen (secondary N) is 2. The number of anilines is 2. The maximum absolute atomic E-state index is 12.3. The van der Waals surface area contributed by atoms with Gasteiger partial charge in [0.1, 0.15) is 5.69 Å². The average Bonchev–Trinajstić information content (AvgIpc) is 2.96. The molecule has 2 amide bonds. The quantitative estimate of drug-likeness (QED) is 0.729. The first-order valence-electron chi connectivity index (χ1n) is 7.24. The molecule has 1 aromatic carbocycles. The topological polar surface area (TPSA) is 71.8 Å². The van der Waals surface area contributed by atoms with Gasteiger partial charge in [-0.15, -0.1) is 6.42 Å². The van der Waals surface area contributed by atoms with E-state index in [9.17, 15) is 4.79 Å². The van der Waals surface area contributed by atoms with Crippen molar-refractivity contribution in [1.82, 2.24) is 14.8 Å². The molecule has 3 rings (SSSR count). The van der Waals surface area contributed by atoms with Crippen molar-refractivity contribution in [3.63, 3.8) is 0 Å². The van der Waals surface area contributed by atoms with E-state index in [0.29, 0.717) is 22.6 Å². The second-order valence-corrected chi connectivity index (χ2v) is 5.11. The first-order valence-corrected chi connectivity index (χ1v) is 7.24. The van der Waals surface area contributed by atoms with Gasteiger partial charge in [-0.3, -0.25) is 9.67 Å². The third-order valence-corrected chi connectivity index (χ3v) is 3.32. The first-order chi connectivity index (χ1) is 11.7. The molecule has 0 spiro atoms. The van der Waals surface area contributed by atoms with Crippen molar-refractivity contribution in [3.8, 4) is 23.6 Å². The smallest absolute Gasteiger partial charge is 0.308 e. The fourth-order valence-electron chi connectivity index (χ4n) is 2.27. The Kier molecular flexibility index (Phi) is 4.25. The molecule has 0 aliphatic rings. The predicted molar refractivity (Wildman–Crippen MR) is 93.5 cm³/mol. The average molecular weight is 317 g/mol. The zero-order valence-electron chi connectivity index (χ0n) is 13.0. The molecular formula is C18H15N5O. The molecule has 0 saturated carbocycles. The summed E-state index contributed by atoms with van der Waals surface area (Å²) in [5, 5.41) is 9.96. The van der Waals surface area contributed by atoms with E-state index in [1.807, 2.05) is 12.1 Å². The molecule has 0 aliphatic heterocycles. The molecular weight excluding hydrogens is 302 g/mol. The summed E-state index contributed by atoms with van der Waals surface area (Å²) >= 11 is 0. The van der Waals surface area contributed by atoms with E-state index in [-0.39, 0.29) is 6.03 Å². The summed E-state index contributed by atoms with van der Waals surface area (Å²) in [6.45, 7) is 0. The number of carbonyl (C=O) groups is 1. The molecule has 3 aromatic rings. The number of terminal acetylenes is 1. The molecule has 0 radical (unpaired) electrons. The van der Waals surface area contributed by atoms with E-state index in [4.69, 9.17) is 6.42 Å². The van der Waals surface area contributed by atoms with Gasteiger partial charge in [-0.25, -0.2) is 4.79 Å². The number of aromatic nitrogens is 3. The monoisotopic (exact) mass is 317 g/mol. The number of hydrogen-bond acceptors (Lipinski definition) is 3. The van der Waals surface area contributed by atoms with Crippen LogP contribution in [0, 0.1) is 12.3 Å². The number of pyridine rings is 1. The van der Waals surface area contributed by atoms with E-state index in [1.54, 1.807) is 54.6 Å². The van der Waals surface area contributed by atoms with E-state index in [2.05, 4.69) is 26.6 Å². The van der Waals surface area contributed by atoms with Crippen molar-refractivity contribution < 1.29 is 4.79 Å². The van der Waals surface area contributed by atoms with Crippen LogP contribution in [0.15, 0.2) is 55.0 Å². The Morgan fingerprint density at radius 3 is 2.75 bits per heavy atom. The zero-order valence-corrected chi connectivity index (χ0v) is 13.0. The van der Waals surface area contributed by atoms with Gasteiger partial charge in [-0.05, 0) is 30.3 Å². The maximum Gasteiger partial charge on any atom is 0.323 e. The van der Waals surface area contributed by atoms with Crippen molar-refractivity contribution >= 4 is 17.4 Å². The van der Waals surface area contributed by atoms with Gasteiger partial charge in [-0.1, -0.05) is 12.0 Å². The van der Waals surface area contributed by atoms with Gasteiger partial charge >= 0.3 is 6.03 Å². The standard InChI is InChI=1S/C18H15N5O/c1-3-13-5-4-6-15(11-13)20-18(24)21-16-12-23(2)22-17(16)14-7-9-19-10-8-14/h1,4-12H,2H3,(H2,20,21,24). The van der Waals surface area contributed by atoms with Crippen molar-refractivity contribution in [1.29, 1.82) is 0 Å². The van der Waals surface area contributed by atoms with E-state index < -0.39 is 0 Å². The van der Waals surface area contributed by atoms with Gasteiger partial charge in [0, 0.05) is 42.5 Å². The molecule has 0 atom stereocenters. The number of amides is 2. The fourth-order valence-corrected chi connectivity index (χ4v) is 2.27. The summed E-state index contributed by atoms with van der Waals surface area (Å²) in [6, 6.07) is 10.4. The lowest BCUT2D eigenvalue weighted by Crippen LogP contribution is -2.19. The van der Waals surface area contributed by atoms with E-state index >= 15 is 0 Å². The second kappa shape index (κ2) is 6.67. The molecule has 0 bridgehead atoms. The van der Waals surface area contributed by atoms with Crippen LogP contribution in [0.25, 0.3) is 11.3 Å². The predicted octanol–water partition coefficient (Wildman–Crippen LogP) is 3.11. The molecule has 118 valence electrons. The summed E-state index contributed by atoms with van der Waals surface area (Å²) in [4.78, 5) is 16.2. The number of nitrogens with zero attached hydrogens (tertiary/aromatic N) is 3. The molecule has 2 N–H and O–H groups in total. The van der Waals surface area contributed by atoms with Crippen LogP contribution in [0.3, 0.4) is 0 Å². The fraction of sp³-hybridized carbons (Fsp3) is 0.0556. The van der Waals surface area contributed by atoms with Crippen molar-refractivity contribution in [2.45, 2.75) is 0 Å². The zero-order chi connectivity index (χ0) is 16.9. The van der Waals surface area contributed by atoms with E-state index in [0.717, 1.165) is 5.56 Å². The highest BCUT2D eigenvalue weighted by atomic mass is 16.2. The van der Waals surface area contributed by atoms with Crippen LogP contribution in [0.2, 0.25) is 0 Å². The Bertz CT molecular complexity index is 909. The number of carbonyl (C=O) groups excluding carboxylic acids is 1. The minimum Gasteiger partial charge on any atom is -0.308 e. The summed E-state index contributed by atoms with van der Waals surface area (Å²) < 4.78 is 1.64. The molecule has 6 nitrogen and oxygen atoms in total. The lowest BCUT2D eigenvalue weighted by Gasteiger charge is -2.08. The van der Waals surface area contributed by atoms with Gasteiger partial charge in [0.15, 0.2) is 0 Å². The van der Waals surface area contributed by atoms with E-state index in [1.165, 1.54) is 0 Å². The maximum atomic E-state index is 12.3. The number of aryl methyl sites for hydroxylation is 1. The van der Waals surface area contributed by atoms with Gasteiger partial charge in [0.25, 0.3) is 0 Å². The SMILES string of the molecule is C#Cc1cccc(NC(=O)Nc2cn(C)nc2-c2ccncc2)c1. The lowest BCUT2D eigenvalue weighted by molar-refractivity contribution is 0.262. The highest BCUT2D eigenvalue weighted by Crippen LogP contribution is 2.25. The molecule has 2 heterocycles. The summed E-state index contributed by atoms with van der Waals surface area (Å²) in [5.41, 5.74) is 3.47. The lowest BCUT2D eigenvalue weighted by atomic mass is 10.2. The number of benzene rings is 1. The summed E-state index contributed by atoms with van der Waals surface area (Å²) in [6.07, 6.45) is 10.5. The Balaban J connectivity index is 1.79. The van der Waals surface area contributed by atoms with Crippen LogP contribution in [0.5, 0.6) is 0 Å². The molecule has 0 fully saturated rings. The van der Waals surface area contributed by atoms with Crippen LogP contribution in [0.4, 0.5) is 16.2 Å². The van der Waals surface area contributed by atoms with Crippen LogP contribution in [-0.2, 0) is 7.05 Å². The largest absolute Gasteiger partial charge is 0.323 e. The molecule has 24 heavy (non-hydrogen) atoms. The first kappa shape index (κ1) is 15.3. The minimum absolute atomic E-state index is 0.368. The summed E-state index contributed by atoms with van der Waals surface area (Å²) in [5.74, 6) is 2.53. The Morgan fingerprint density at radius 1 is 1.21 bits per heavy atom. The van der Waals surface area contributed by atoms with Gasteiger partial charge in [0.2, 0.25) is 0 Å². The second-order valence-electron chi connectivity index (χ2n) is 5.11. The number of hydrogen-bond donors (Lipinski definition) is 2. The molecule has 2 aromatic heterocycles. The van der Waals surface area contributed by atoms with Crippen molar-refractivity contribution in [2.75, 3.05) is 10.6 Å². The molecule has 0 unspecified atom stereocenters. The van der Waals surface area contributed by atoms with Crippen LogP contribution >= 0.6 is 0 Å². The van der Waals surface area contributed by atoms with Crippen molar-refractivity contribution in [2.24, 2.45) is 7.05 Å². The van der Waals surface area contributed by atoms with Gasteiger partial charge in [-0.2, -0.15) is 5.10 Å². The Hall–Kier alpha value is -3.59. The minimum atomic E-state index is -0.368. The summed E-state index contributed by atoms with van der Waals surface area (Å²) in [7, 11) is 1.80. The number of rotatable bonds is 3. The third kappa shape index (κ3) is 3.42. The normalized spacial score (nSPS) is 10.0. The van der Waals surface area contributed by atoms with Crippen LogP contribution < -0.4 is 10.6 Å².